The molecular formula is C10H10ClNO2S. The number of isothiocyanates is 1. The molecule has 0 spiro atoms. The average Bonchev–Trinajstić information content (AvgIpc) is 2.27. The second kappa shape index (κ2) is 7.37. The quantitative estimate of drug-likeness (QED) is 0.192. The number of hydrogen-bond acceptors (Lipinski definition) is 4. The van der Waals surface area contributed by atoms with E-state index < -0.39 is 0 Å². The summed E-state index contributed by atoms with van der Waals surface area (Å²) in [7, 11) is 0. The lowest BCUT2D eigenvalue weighted by molar-refractivity contribution is -0.205. The van der Waals surface area contributed by atoms with Crippen molar-refractivity contribution in [3.8, 4) is 5.75 Å². The number of alkyl halides is 1. The Labute approximate surface area is 98.6 Å². The van der Waals surface area contributed by atoms with E-state index in [1.807, 2.05) is 12.1 Å². The van der Waals surface area contributed by atoms with E-state index in [2.05, 4.69) is 22.4 Å². The van der Waals surface area contributed by atoms with Gasteiger partial charge in [0, 0.05) is 5.88 Å². The number of aliphatic imine (C=N–C) groups is 1. The molecule has 5 heteroatoms. The van der Waals surface area contributed by atoms with Gasteiger partial charge >= 0.3 is 0 Å². The van der Waals surface area contributed by atoms with Crippen LogP contribution in [0.15, 0.2) is 29.3 Å². The van der Waals surface area contributed by atoms with Crippen LogP contribution in [-0.2, 0) is 4.89 Å². The van der Waals surface area contributed by atoms with Crippen LogP contribution >= 0.6 is 23.8 Å². The van der Waals surface area contributed by atoms with Gasteiger partial charge in [0.2, 0.25) is 0 Å². The number of nitrogens with zero attached hydrogens (tertiary/aromatic N) is 1. The van der Waals surface area contributed by atoms with Crippen molar-refractivity contribution >= 4 is 34.7 Å². The highest BCUT2D eigenvalue weighted by atomic mass is 35.5. The molecule has 15 heavy (non-hydrogen) atoms. The van der Waals surface area contributed by atoms with Gasteiger partial charge in [-0.2, -0.15) is 9.88 Å². The summed E-state index contributed by atoms with van der Waals surface area (Å²) in [5, 5.41) is 2.28. The summed E-state index contributed by atoms with van der Waals surface area (Å²) in [6, 6.07) is 7.16. The zero-order chi connectivity index (χ0) is 10.9. The second-order valence-electron chi connectivity index (χ2n) is 2.62. The van der Waals surface area contributed by atoms with Crippen molar-refractivity contribution in [2.24, 2.45) is 4.99 Å². The highest BCUT2D eigenvalue weighted by Gasteiger charge is 2.01. The SMILES string of the molecule is S=C=Nc1ccccc1OOCCCCl. The van der Waals surface area contributed by atoms with Crippen LogP contribution in [0, 0.1) is 0 Å². The molecule has 0 saturated carbocycles. The first-order chi connectivity index (χ1) is 7.38. The zero-order valence-electron chi connectivity index (χ0n) is 7.98. The van der Waals surface area contributed by atoms with Crippen molar-refractivity contribution in [3.05, 3.63) is 24.3 Å². The third-order valence-electron chi connectivity index (χ3n) is 1.54. The molecule has 0 aliphatic rings. The van der Waals surface area contributed by atoms with Crippen LogP contribution in [0.2, 0.25) is 0 Å². The van der Waals surface area contributed by atoms with Crippen molar-refractivity contribution in [2.75, 3.05) is 12.5 Å². The fourth-order valence-corrected chi connectivity index (χ4v) is 1.10. The van der Waals surface area contributed by atoms with E-state index in [0.29, 0.717) is 23.9 Å². The molecule has 1 aromatic carbocycles. The van der Waals surface area contributed by atoms with Gasteiger partial charge in [0.05, 0.1) is 11.8 Å². The molecular weight excluding hydrogens is 234 g/mol. The minimum atomic E-state index is 0.444. The Morgan fingerprint density at radius 3 is 2.93 bits per heavy atom. The smallest absolute Gasteiger partial charge is 0.191 e. The third-order valence-corrected chi connectivity index (χ3v) is 1.90. The van der Waals surface area contributed by atoms with Gasteiger partial charge in [0.15, 0.2) is 5.75 Å². The molecule has 3 nitrogen and oxygen atoms in total. The van der Waals surface area contributed by atoms with E-state index in [1.165, 1.54) is 0 Å². The minimum absolute atomic E-state index is 0.444. The Morgan fingerprint density at radius 1 is 1.40 bits per heavy atom. The fourth-order valence-electron chi connectivity index (χ4n) is 0.888. The number of rotatable bonds is 6. The monoisotopic (exact) mass is 243 g/mol. The molecule has 80 valence electrons. The summed E-state index contributed by atoms with van der Waals surface area (Å²) in [4.78, 5) is 13.8. The zero-order valence-corrected chi connectivity index (χ0v) is 9.55. The standard InChI is InChI=1S/C10H10ClNO2S/c11-6-3-7-13-14-10-5-2-1-4-9(10)12-8-15/h1-2,4-5H,3,6-7H2. The topological polar surface area (TPSA) is 30.8 Å². The molecule has 0 aliphatic heterocycles. The third kappa shape index (κ3) is 4.40. The molecule has 0 radical (unpaired) electrons. The summed E-state index contributed by atoms with van der Waals surface area (Å²) in [5.41, 5.74) is 0.596. The first kappa shape index (κ1) is 12.1. The van der Waals surface area contributed by atoms with Crippen LogP contribution in [0.4, 0.5) is 5.69 Å². The van der Waals surface area contributed by atoms with E-state index in [0.717, 1.165) is 6.42 Å². The predicted octanol–water partition coefficient (Wildman–Crippen LogP) is 3.36. The lowest BCUT2D eigenvalue weighted by Gasteiger charge is -2.05. The number of benzene rings is 1. The van der Waals surface area contributed by atoms with Crippen LogP contribution in [0.25, 0.3) is 0 Å². The van der Waals surface area contributed by atoms with Gasteiger partial charge in [0.25, 0.3) is 0 Å². The Hall–Kier alpha value is -0.930. The normalized spacial score (nSPS) is 9.40. The van der Waals surface area contributed by atoms with Gasteiger partial charge in [-0.1, -0.05) is 12.1 Å². The van der Waals surface area contributed by atoms with E-state index in [-0.39, 0.29) is 0 Å². The summed E-state index contributed by atoms with van der Waals surface area (Å²) in [6.07, 6.45) is 0.736. The molecule has 0 aliphatic carbocycles. The summed E-state index contributed by atoms with van der Waals surface area (Å²) >= 11 is 10.0. The Morgan fingerprint density at radius 2 is 2.20 bits per heavy atom. The lowest BCUT2D eigenvalue weighted by Crippen LogP contribution is -1.99. The molecule has 0 heterocycles. The van der Waals surface area contributed by atoms with Crippen molar-refractivity contribution in [1.29, 1.82) is 0 Å². The molecule has 0 atom stereocenters. The lowest BCUT2D eigenvalue weighted by atomic mass is 10.3. The number of thiocarbonyl (C=S) groups is 1. The predicted molar refractivity (Wildman–Crippen MR) is 63.0 cm³/mol. The van der Waals surface area contributed by atoms with Crippen molar-refractivity contribution in [2.45, 2.75) is 6.42 Å². The van der Waals surface area contributed by atoms with E-state index >= 15 is 0 Å². The maximum atomic E-state index is 5.49. The fraction of sp³-hybridized carbons (Fsp3) is 0.300. The molecule has 1 aromatic rings. The molecule has 0 bridgehead atoms. The van der Waals surface area contributed by atoms with Crippen LogP contribution < -0.4 is 4.89 Å². The molecule has 0 aromatic heterocycles. The largest absolute Gasteiger partial charge is 0.335 e. The minimum Gasteiger partial charge on any atom is -0.335 e. The van der Waals surface area contributed by atoms with Crippen LogP contribution in [0.5, 0.6) is 5.75 Å². The second-order valence-corrected chi connectivity index (χ2v) is 3.18. The van der Waals surface area contributed by atoms with Gasteiger partial charge < -0.3 is 4.89 Å². The van der Waals surface area contributed by atoms with E-state index in [4.69, 9.17) is 21.4 Å². The number of para-hydroxylation sites is 2. The highest BCUT2D eigenvalue weighted by molar-refractivity contribution is 7.78. The van der Waals surface area contributed by atoms with Crippen LogP contribution in [0.3, 0.4) is 0 Å². The first-order valence-electron chi connectivity index (χ1n) is 4.41. The molecule has 0 amide bonds. The molecule has 0 fully saturated rings. The van der Waals surface area contributed by atoms with Gasteiger partial charge in [-0.05, 0) is 30.8 Å². The molecule has 1 rings (SSSR count). The van der Waals surface area contributed by atoms with Crippen LogP contribution in [-0.4, -0.2) is 17.6 Å². The van der Waals surface area contributed by atoms with E-state index in [9.17, 15) is 0 Å². The summed E-state index contributed by atoms with van der Waals surface area (Å²) < 4.78 is 0. The van der Waals surface area contributed by atoms with Crippen LogP contribution in [0.1, 0.15) is 6.42 Å². The first-order valence-corrected chi connectivity index (χ1v) is 5.35. The number of hydrogen-bond donors (Lipinski definition) is 0. The summed E-state index contributed by atoms with van der Waals surface area (Å²) in [5.74, 6) is 1.06. The summed E-state index contributed by atoms with van der Waals surface area (Å²) in [6.45, 7) is 0.444. The average molecular weight is 244 g/mol. The Balaban J connectivity index is 2.55. The maximum absolute atomic E-state index is 5.49. The van der Waals surface area contributed by atoms with E-state index in [1.54, 1.807) is 12.1 Å². The van der Waals surface area contributed by atoms with Crippen molar-refractivity contribution in [3.63, 3.8) is 0 Å². The van der Waals surface area contributed by atoms with Crippen molar-refractivity contribution in [1.82, 2.24) is 0 Å². The van der Waals surface area contributed by atoms with Gasteiger partial charge in [-0.15, -0.1) is 11.6 Å². The Bertz CT molecular complexity index is 353. The Kier molecular flexibility index (Phi) is 5.97. The molecule has 0 unspecified atom stereocenters. The van der Waals surface area contributed by atoms with Crippen molar-refractivity contribution < 1.29 is 9.78 Å². The van der Waals surface area contributed by atoms with Gasteiger partial charge in [-0.3, -0.25) is 0 Å². The highest BCUT2D eigenvalue weighted by Crippen LogP contribution is 2.26. The maximum Gasteiger partial charge on any atom is 0.191 e. The molecule has 0 saturated heterocycles. The van der Waals surface area contributed by atoms with Gasteiger partial charge in [0.1, 0.15) is 5.69 Å². The van der Waals surface area contributed by atoms with Gasteiger partial charge in [-0.25, -0.2) is 0 Å². The molecule has 0 N–H and O–H groups in total. The number of halogens is 1.